The van der Waals surface area contributed by atoms with Crippen LogP contribution in [-0.4, -0.2) is 169 Å². The highest BCUT2D eigenvalue weighted by molar-refractivity contribution is 5.76. The number of hydrogen-bond acceptors (Lipinski definition) is 8. The van der Waals surface area contributed by atoms with Gasteiger partial charge in [-0.1, -0.05) is 0 Å². The summed E-state index contributed by atoms with van der Waals surface area (Å²) in [6, 6.07) is -0.202. The number of guanidine groups is 2. The van der Waals surface area contributed by atoms with Crippen molar-refractivity contribution >= 4 is 36.2 Å². The van der Waals surface area contributed by atoms with Crippen LogP contribution in [-0.2, 0) is 9.47 Å². The molecule has 0 aromatic heterocycles. The number of nitrogens with two attached hydrogens (primary N) is 2. The largest absolute Gasteiger partial charge is 0.446 e. The second-order valence-corrected chi connectivity index (χ2v) is 15.5. The molecule has 54 heavy (non-hydrogen) atoms. The smallest absolute Gasteiger partial charge is 0.410 e. The number of piperidine rings is 2. The summed E-state index contributed by atoms with van der Waals surface area (Å²) in [6.07, 6.45) is 9.06. The Hall–Kier alpha value is -4.38. The van der Waals surface area contributed by atoms with Crippen molar-refractivity contribution in [2.24, 2.45) is 23.3 Å². The number of amides is 6. The molecule has 0 aromatic rings. The van der Waals surface area contributed by atoms with Crippen LogP contribution in [0.4, 0.5) is 19.2 Å². The normalized spacial score (nSPS) is 23.6. The first-order valence-corrected chi connectivity index (χ1v) is 20.2. The van der Waals surface area contributed by atoms with Gasteiger partial charge in [-0.2, -0.15) is 0 Å². The number of hydrogen-bond donors (Lipinski definition) is 6. The zero-order valence-corrected chi connectivity index (χ0v) is 32.0. The fourth-order valence-electron chi connectivity index (χ4n) is 8.20. The predicted molar refractivity (Wildman–Crippen MR) is 203 cm³/mol. The second kappa shape index (κ2) is 20.3. The van der Waals surface area contributed by atoms with Crippen molar-refractivity contribution in [1.29, 1.82) is 10.8 Å². The van der Waals surface area contributed by atoms with Crippen LogP contribution in [0.2, 0.25) is 0 Å². The number of ether oxygens (including phenoxy) is 2. The predicted octanol–water partition coefficient (Wildman–Crippen LogP) is 2.00. The van der Waals surface area contributed by atoms with Crippen molar-refractivity contribution in [3.05, 3.63) is 0 Å². The van der Waals surface area contributed by atoms with Crippen LogP contribution in [0.3, 0.4) is 0 Å². The van der Waals surface area contributed by atoms with Gasteiger partial charge in [-0.25, -0.2) is 19.2 Å². The van der Waals surface area contributed by atoms with Crippen LogP contribution in [0, 0.1) is 22.7 Å². The molecule has 4 heterocycles. The van der Waals surface area contributed by atoms with Gasteiger partial charge in [0.25, 0.3) is 0 Å². The molecule has 5 rings (SSSR count). The Bertz CT molecular complexity index is 1170. The van der Waals surface area contributed by atoms with E-state index in [1.807, 2.05) is 9.80 Å². The monoisotopic (exact) mass is 761 g/mol. The highest BCUT2D eigenvalue weighted by Crippen LogP contribution is 2.24. The second-order valence-electron chi connectivity index (χ2n) is 15.5. The van der Waals surface area contributed by atoms with Crippen molar-refractivity contribution < 1.29 is 28.7 Å². The van der Waals surface area contributed by atoms with Gasteiger partial charge in [0.1, 0.15) is 12.2 Å². The number of piperazine rings is 2. The molecular weight excluding hydrogens is 696 g/mol. The van der Waals surface area contributed by atoms with Crippen molar-refractivity contribution in [3.8, 4) is 0 Å². The molecule has 5 fully saturated rings. The van der Waals surface area contributed by atoms with Gasteiger partial charge in [-0.05, 0) is 88.9 Å². The van der Waals surface area contributed by atoms with E-state index in [-0.39, 0.29) is 48.4 Å². The minimum Gasteiger partial charge on any atom is -0.446 e. The van der Waals surface area contributed by atoms with E-state index >= 15 is 0 Å². The minimum atomic E-state index is -0.334. The Morgan fingerprint density at radius 1 is 0.481 bits per heavy atom. The lowest BCUT2D eigenvalue weighted by Crippen LogP contribution is -2.54. The molecule has 0 radical (unpaired) electrons. The maximum Gasteiger partial charge on any atom is 0.410 e. The molecule has 4 aliphatic heterocycles. The lowest BCUT2D eigenvalue weighted by Gasteiger charge is -2.36. The molecule has 6 amide bonds. The Morgan fingerprint density at radius 3 is 1.11 bits per heavy atom. The quantitative estimate of drug-likeness (QED) is 0.156. The first kappa shape index (κ1) is 40.8. The summed E-state index contributed by atoms with van der Waals surface area (Å²) in [6.45, 7) is 7.96. The van der Waals surface area contributed by atoms with Gasteiger partial charge in [-0.15, -0.1) is 0 Å². The van der Waals surface area contributed by atoms with Crippen LogP contribution in [0.25, 0.3) is 0 Å². The lowest BCUT2D eigenvalue weighted by molar-refractivity contribution is 0.0196. The van der Waals surface area contributed by atoms with Crippen molar-refractivity contribution in [2.75, 3.05) is 91.6 Å². The molecule has 0 bridgehead atoms. The third-order valence-electron chi connectivity index (χ3n) is 11.9. The lowest BCUT2D eigenvalue weighted by atomic mass is 9.94. The maximum absolute atomic E-state index is 13.0. The number of nitrogens with one attached hydrogen (secondary N) is 4. The molecular formula is C36H64N12O6. The Labute approximate surface area is 319 Å². The van der Waals surface area contributed by atoms with Crippen LogP contribution in [0.15, 0.2) is 0 Å². The summed E-state index contributed by atoms with van der Waals surface area (Å²) in [5.74, 6) is 1.29. The van der Waals surface area contributed by atoms with Gasteiger partial charge in [0.2, 0.25) is 0 Å². The van der Waals surface area contributed by atoms with E-state index in [1.165, 1.54) is 0 Å². The SMILES string of the molecule is N=C(N)N1CCC(CCNC(=O)N2CCN(C(=O)OC3CCCC(OC(=O)N4CCN(C(=O)NCCC5CCN(C(=N)N)CC5)CC4)CCC3)CC2)CC1. The summed E-state index contributed by atoms with van der Waals surface area (Å²) in [4.78, 5) is 62.1. The van der Waals surface area contributed by atoms with E-state index in [4.69, 9.17) is 31.8 Å². The Balaban J connectivity index is 0.894. The molecule has 8 N–H and O–H groups in total. The standard InChI is InChI=1S/C36H64N12O6/c37-31(38)43-15-9-27(10-16-43)7-13-41-33(49)45-19-23-47(24-20-45)35(51)53-29-3-1-4-30(6-2-5-29)54-36(52)48-25-21-46(22-26-48)34(50)42-14-8-28-11-17-44(18-12-28)32(39)40/h27-30H,1-26H2,(H3,37,38)(H3,39,40)(H,41,49)(H,42,50). The highest BCUT2D eigenvalue weighted by Gasteiger charge is 2.30. The third kappa shape index (κ3) is 12.3. The maximum atomic E-state index is 13.0. The highest BCUT2D eigenvalue weighted by atomic mass is 16.6. The average Bonchev–Trinajstić information content (AvgIpc) is 3.17. The summed E-state index contributed by atoms with van der Waals surface area (Å²) in [7, 11) is 0. The summed E-state index contributed by atoms with van der Waals surface area (Å²) >= 11 is 0. The summed E-state index contributed by atoms with van der Waals surface area (Å²) in [5, 5.41) is 21.2. The van der Waals surface area contributed by atoms with Gasteiger partial charge >= 0.3 is 24.2 Å². The topological polar surface area (TPSA) is 230 Å². The van der Waals surface area contributed by atoms with Gasteiger partial charge in [-0.3, -0.25) is 10.8 Å². The van der Waals surface area contributed by atoms with Crippen molar-refractivity contribution in [3.63, 3.8) is 0 Å². The summed E-state index contributed by atoms with van der Waals surface area (Å²) in [5.41, 5.74) is 11.2. The van der Waals surface area contributed by atoms with E-state index in [9.17, 15) is 19.2 Å². The molecule has 0 aromatic carbocycles. The zero-order chi connectivity index (χ0) is 38.5. The number of likely N-dealkylation sites (tertiary alicyclic amines) is 2. The van der Waals surface area contributed by atoms with Gasteiger partial charge in [0.15, 0.2) is 11.9 Å². The molecule has 4 saturated heterocycles. The van der Waals surface area contributed by atoms with E-state index in [0.717, 1.165) is 77.5 Å². The molecule has 0 unspecified atom stereocenters. The van der Waals surface area contributed by atoms with Gasteiger partial charge in [0, 0.05) is 91.6 Å². The van der Waals surface area contributed by atoms with Crippen LogP contribution in [0.1, 0.15) is 77.0 Å². The molecule has 304 valence electrons. The molecule has 0 atom stereocenters. The van der Waals surface area contributed by atoms with E-state index in [0.29, 0.717) is 103 Å². The van der Waals surface area contributed by atoms with Crippen molar-refractivity contribution in [2.45, 2.75) is 89.3 Å². The molecule has 18 heteroatoms. The van der Waals surface area contributed by atoms with Gasteiger partial charge in [0.05, 0.1) is 0 Å². The average molecular weight is 761 g/mol. The molecule has 0 spiro atoms. The third-order valence-corrected chi connectivity index (χ3v) is 11.9. The van der Waals surface area contributed by atoms with E-state index < -0.39 is 0 Å². The number of carbonyl (C=O) groups excluding carboxylic acids is 4. The number of nitrogens with zero attached hydrogens (tertiary/aromatic N) is 6. The van der Waals surface area contributed by atoms with Crippen LogP contribution in [0.5, 0.6) is 0 Å². The molecule has 1 aliphatic carbocycles. The molecule has 1 saturated carbocycles. The number of rotatable bonds is 8. The first-order chi connectivity index (χ1) is 26.0. The number of urea groups is 2. The van der Waals surface area contributed by atoms with E-state index in [1.54, 1.807) is 19.6 Å². The number of carbonyl (C=O) groups is 4. The van der Waals surface area contributed by atoms with Crippen molar-refractivity contribution in [1.82, 2.24) is 40.0 Å². The van der Waals surface area contributed by atoms with E-state index in [2.05, 4.69) is 10.6 Å². The van der Waals surface area contributed by atoms with Gasteiger partial charge < -0.3 is 61.0 Å². The Kier molecular flexibility index (Phi) is 15.4. The molecule has 18 nitrogen and oxygen atoms in total. The summed E-state index contributed by atoms with van der Waals surface area (Å²) < 4.78 is 11.8. The minimum absolute atomic E-state index is 0.101. The Morgan fingerprint density at radius 2 is 0.796 bits per heavy atom. The molecule has 5 aliphatic rings. The van der Waals surface area contributed by atoms with Crippen LogP contribution >= 0.6 is 0 Å². The zero-order valence-electron chi connectivity index (χ0n) is 32.0. The fourth-order valence-corrected chi connectivity index (χ4v) is 8.20. The first-order valence-electron chi connectivity index (χ1n) is 20.2. The van der Waals surface area contributed by atoms with Crippen LogP contribution < -0.4 is 22.1 Å². The fraction of sp³-hybridized carbons (Fsp3) is 0.833.